The number of piperazine rings is 1. The van der Waals surface area contributed by atoms with E-state index >= 15 is 0 Å². The standard InChI is InChI=1S/C29H33F2N5OS/c30-24-8-4-21(5-9-24)27(22-6-10-25(31)11-7-22)36-17-15-35(16-18-36)14-2-13-33-28(37)26-20-38-29(34-26)23-3-1-12-32-19-23/h1,3-12,19,26-27,29,34H,2,13-18,20H2,(H,33,37)/t26-,29?/m0/s1. The lowest BCUT2D eigenvalue weighted by Crippen LogP contribution is -2.48. The summed E-state index contributed by atoms with van der Waals surface area (Å²) < 4.78 is 27.1. The third-order valence-electron chi connectivity index (χ3n) is 7.18. The first-order valence-electron chi connectivity index (χ1n) is 13.1. The van der Waals surface area contributed by atoms with E-state index in [1.807, 2.05) is 42.6 Å². The fourth-order valence-corrected chi connectivity index (χ4v) is 6.36. The number of aromatic nitrogens is 1. The molecule has 200 valence electrons. The largest absolute Gasteiger partial charge is 0.355 e. The first-order valence-corrected chi connectivity index (χ1v) is 14.1. The van der Waals surface area contributed by atoms with Gasteiger partial charge in [0.2, 0.25) is 5.91 Å². The van der Waals surface area contributed by atoms with Crippen molar-refractivity contribution in [1.82, 2.24) is 25.4 Å². The molecule has 2 aliphatic heterocycles. The lowest BCUT2D eigenvalue weighted by atomic mass is 9.96. The summed E-state index contributed by atoms with van der Waals surface area (Å²) in [6, 6.07) is 16.9. The average molecular weight is 538 g/mol. The molecule has 0 aliphatic carbocycles. The third-order valence-corrected chi connectivity index (χ3v) is 8.45. The number of rotatable bonds is 9. The molecule has 1 aromatic heterocycles. The molecule has 0 radical (unpaired) electrons. The highest BCUT2D eigenvalue weighted by Crippen LogP contribution is 2.32. The molecule has 2 aliphatic rings. The van der Waals surface area contributed by atoms with Gasteiger partial charge in [-0.1, -0.05) is 30.3 Å². The third kappa shape index (κ3) is 6.77. The molecule has 0 spiro atoms. The summed E-state index contributed by atoms with van der Waals surface area (Å²) in [6.07, 6.45) is 4.48. The molecule has 2 N–H and O–H groups in total. The Bertz CT molecular complexity index is 1130. The van der Waals surface area contributed by atoms with Crippen molar-refractivity contribution in [2.45, 2.75) is 23.9 Å². The van der Waals surface area contributed by atoms with Crippen LogP contribution in [0.3, 0.4) is 0 Å². The molecule has 0 bridgehead atoms. The number of benzene rings is 2. The molecule has 5 rings (SSSR count). The maximum absolute atomic E-state index is 13.6. The molecule has 1 unspecified atom stereocenters. The van der Waals surface area contributed by atoms with E-state index in [4.69, 9.17) is 0 Å². The van der Waals surface area contributed by atoms with Gasteiger partial charge >= 0.3 is 0 Å². The molecule has 3 aromatic rings. The van der Waals surface area contributed by atoms with Crippen LogP contribution in [0.2, 0.25) is 0 Å². The van der Waals surface area contributed by atoms with Crippen LogP contribution in [-0.4, -0.2) is 71.8 Å². The number of carbonyl (C=O) groups is 1. The van der Waals surface area contributed by atoms with E-state index in [-0.39, 0.29) is 35.0 Å². The van der Waals surface area contributed by atoms with Crippen molar-refractivity contribution in [3.05, 3.63) is 101 Å². The van der Waals surface area contributed by atoms with Crippen molar-refractivity contribution in [2.24, 2.45) is 0 Å². The minimum absolute atomic E-state index is 0.0510. The number of amides is 1. The van der Waals surface area contributed by atoms with Crippen LogP contribution in [0.5, 0.6) is 0 Å². The normalized spacial score (nSPS) is 20.6. The maximum Gasteiger partial charge on any atom is 0.238 e. The second-order valence-electron chi connectivity index (χ2n) is 9.75. The highest BCUT2D eigenvalue weighted by atomic mass is 32.2. The summed E-state index contributed by atoms with van der Waals surface area (Å²) in [6.45, 7) is 5.07. The number of pyridine rings is 1. The fraction of sp³-hybridized carbons (Fsp3) is 0.379. The van der Waals surface area contributed by atoms with E-state index in [1.54, 1.807) is 18.0 Å². The summed E-state index contributed by atoms with van der Waals surface area (Å²) in [5, 5.41) is 6.59. The minimum atomic E-state index is -0.265. The Labute approximate surface area is 226 Å². The van der Waals surface area contributed by atoms with Crippen molar-refractivity contribution >= 4 is 17.7 Å². The molecule has 38 heavy (non-hydrogen) atoms. The Morgan fingerprint density at radius 1 is 1.00 bits per heavy atom. The smallest absolute Gasteiger partial charge is 0.238 e. The second-order valence-corrected chi connectivity index (χ2v) is 10.9. The van der Waals surface area contributed by atoms with Crippen LogP contribution in [-0.2, 0) is 4.79 Å². The van der Waals surface area contributed by atoms with Gasteiger partial charge in [0.15, 0.2) is 0 Å². The molecule has 2 fully saturated rings. The number of thioether (sulfide) groups is 1. The molecule has 9 heteroatoms. The summed E-state index contributed by atoms with van der Waals surface area (Å²) in [5.41, 5.74) is 3.09. The highest BCUT2D eigenvalue weighted by Gasteiger charge is 2.30. The van der Waals surface area contributed by atoms with E-state index in [2.05, 4.69) is 25.4 Å². The van der Waals surface area contributed by atoms with Crippen molar-refractivity contribution in [3.63, 3.8) is 0 Å². The summed E-state index contributed by atoms with van der Waals surface area (Å²) in [5.74, 6) is 0.269. The van der Waals surface area contributed by atoms with Gasteiger partial charge in [0, 0.05) is 50.9 Å². The Balaban J connectivity index is 1.07. The summed E-state index contributed by atoms with van der Waals surface area (Å²) in [7, 11) is 0. The van der Waals surface area contributed by atoms with Gasteiger partial charge in [-0.3, -0.25) is 20.0 Å². The van der Waals surface area contributed by atoms with Gasteiger partial charge in [0.05, 0.1) is 17.5 Å². The number of hydrogen-bond donors (Lipinski definition) is 2. The van der Waals surface area contributed by atoms with E-state index < -0.39 is 0 Å². The first kappa shape index (κ1) is 26.7. The zero-order valence-electron chi connectivity index (χ0n) is 21.2. The molecule has 2 atom stereocenters. The fourth-order valence-electron chi connectivity index (χ4n) is 5.13. The van der Waals surface area contributed by atoms with Crippen LogP contribution in [0.1, 0.15) is 34.5 Å². The number of hydrogen-bond acceptors (Lipinski definition) is 6. The van der Waals surface area contributed by atoms with Gasteiger partial charge in [0.1, 0.15) is 11.6 Å². The molecule has 3 heterocycles. The predicted octanol–water partition coefficient (Wildman–Crippen LogP) is 3.98. The molecule has 6 nitrogen and oxygen atoms in total. The Morgan fingerprint density at radius 2 is 1.66 bits per heavy atom. The van der Waals surface area contributed by atoms with Gasteiger partial charge in [-0.25, -0.2) is 8.78 Å². The van der Waals surface area contributed by atoms with Crippen molar-refractivity contribution in [2.75, 3.05) is 45.0 Å². The van der Waals surface area contributed by atoms with Gasteiger partial charge in [-0.2, -0.15) is 0 Å². The quantitative estimate of drug-likeness (QED) is 0.403. The highest BCUT2D eigenvalue weighted by molar-refractivity contribution is 7.99. The van der Waals surface area contributed by atoms with E-state index in [9.17, 15) is 13.6 Å². The molecule has 0 saturated carbocycles. The van der Waals surface area contributed by atoms with Crippen LogP contribution in [0.4, 0.5) is 8.78 Å². The van der Waals surface area contributed by atoms with Crippen LogP contribution >= 0.6 is 11.8 Å². The lowest BCUT2D eigenvalue weighted by Gasteiger charge is -2.40. The Morgan fingerprint density at radius 3 is 2.26 bits per heavy atom. The van der Waals surface area contributed by atoms with Gasteiger partial charge in [-0.05, 0) is 60.0 Å². The molecule has 2 aromatic carbocycles. The van der Waals surface area contributed by atoms with Crippen molar-refractivity contribution in [3.8, 4) is 0 Å². The molecule has 1 amide bonds. The Kier molecular flexibility index (Phi) is 9.01. The van der Waals surface area contributed by atoms with Gasteiger partial charge in [0.25, 0.3) is 0 Å². The van der Waals surface area contributed by atoms with E-state index in [1.165, 1.54) is 24.3 Å². The summed E-state index contributed by atoms with van der Waals surface area (Å²) >= 11 is 1.73. The molecular weight excluding hydrogens is 504 g/mol. The monoisotopic (exact) mass is 537 g/mol. The first-order chi connectivity index (χ1) is 18.6. The summed E-state index contributed by atoms with van der Waals surface area (Å²) in [4.78, 5) is 21.6. The lowest BCUT2D eigenvalue weighted by molar-refractivity contribution is -0.122. The Hall–Kier alpha value is -2.85. The van der Waals surface area contributed by atoms with Crippen LogP contribution in [0.15, 0.2) is 73.1 Å². The van der Waals surface area contributed by atoms with E-state index in [0.717, 1.165) is 61.6 Å². The van der Waals surface area contributed by atoms with Crippen LogP contribution in [0, 0.1) is 11.6 Å². The predicted molar refractivity (Wildman–Crippen MR) is 147 cm³/mol. The van der Waals surface area contributed by atoms with Gasteiger partial charge in [-0.15, -0.1) is 11.8 Å². The SMILES string of the molecule is O=C(NCCCN1CCN(C(c2ccc(F)cc2)c2ccc(F)cc2)CC1)[C@@H]1CSC(c2cccnc2)N1. The second kappa shape index (κ2) is 12.8. The van der Waals surface area contributed by atoms with Crippen LogP contribution < -0.4 is 10.6 Å². The van der Waals surface area contributed by atoms with Crippen molar-refractivity contribution in [1.29, 1.82) is 0 Å². The van der Waals surface area contributed by atoms with Crippen molar-refractivity contribution < 1.29 is 13.6 Å². The topological polar surface area (TPSA) is 60.5 Å². The average Bonchev–Trinajstić information content (AvgIpc) is 3.45. The molecular formula is C29H33F2N5OS. The maximum atomic E-state index is 13.6. The number of halogens is 2. The van der Waals surface area contributed by atoms with Gasteiger partial charge < -0.3 is 10.2 Å². The minimum Gasteiger partial charge on any atom is -0.355 e. The number of carbonyl (C=O) groups excluding carboxylic acids is 1. The zero-order valence-corrected chi connectivity index (χ0v) is 22.0. The number of nitrogens with zero attached hydrogens (tertiary/aromatic N) is 3. The zero-order chi connectivity index (χ0) is 26.3. The van der Waals surface area contributed by atoms with E-state index in [0.29, 0.717) is 6.54 Å². The van der Waals surface area contributed by atoms with Crippen LogP contribution in [0.25, 0.3) is 0 Å². The molecule has 2 saturated heterocycles. The number of nitrogens with one attached hydrogen (secondary N) is 2.